The molecule has 56 heavy (non-hydrogen) atoms. The predicted octanol–water partition coefficient (Wildman–Crippen LogP) is 13.2. The smallest absolute Gasteiger partial charge is 0.164 e. The number of rotatable bonds is 6. The standard InChI is InChI=1S/C51H32N4O/c1-4-14-33(15-5-1)36-24-26-43-44-27-25-37(32-48(44)56-47(43)31-36)50-52-49(35-18-8-3-9-19-35)53-51(54-50)39-28-38(34-16-6-2-7-17-34)29-40(30-39)55-45-22-12-10-20-41(45)42-21-11-13-23-46(42)55/h1-32H/i1D,2D,3D,4D,5D,6D,7D,8D,9D,10D,11D,12D,13D,14D,15D,16D,17D,18D,19D,20D,21D,22D,23D,24D,25D,26D,27D,28D,29D,30D,31D,32D. The van der Waals surface area contributed by atoms with Crippen molar-refractivity contribution >= 4 is 43.7 Å². The molecule has 0 aliphatic rings. The predicted molar refractivity (Wildman–Crippen MR) is 229 cm³/mol. The molecule has 11 rings (SSSR count). The molecular formula is C51H32N4O. The Labute approximate surface area is 367 Å². The van der Waals surface area contributed by atoms with Crippen molar-refractivity contribution in [3.8, 4) is 62.1 Å². The summed E-state index contributed by atoms with van der Waals surface area (Å²) in [5.41, 5.74) is -9.93. The van der Waals surface area contributed by atoms with Crippen LogP contribution in [0.1, 0.15) is 43.9 Å². The van der Waals surface area contributed by atoms with Crippen molar-refractivity contribution in [2.45, 2.75) is 0 Å². The van der Waals surface area contributed by atoms with Gasteiger partial charge in [0, 0.05) is 43.9 Å². The highest BCUT2D eigenvalue weighted by Crippen LogP contribution is 2.38. The van der Waals surface area contributed by atoms with Crippen LogP contribution >= 0.6 is 0 Å². The van der Waals surface area contributed by atoms with E-state index in [-0.39, 0.29) is 0 Å². The van der Waals surface area contributed by atoms with Crippen molar-refractivity contribution < 1.29 is 48.3 Å². The third kappa shape index (κ3) is 5.45. The summed E-state index contributed by atoms with van der Waals surface area (Å²) in [4.78, 5) is 13.2. The van der Waals surface area contributed by atoms with Crippen molar-refractivity contribution in [1.29, 1.82) is 0 Å². The van der Waals surface area contributed by atoms with Gasteiger partial charge in [0.05, 0.1) is 54.9 Å². The van der Waals surface area contributed by atoms with Gasteiger partial charge in [-0.25, -0.2) is 15.0 Å². The van der Waals surface area contributed by atoms with Crippen LogP contribution in [-0.4, -0.2) is 19.5 Å². The van der Waals surface area contributed by atoms with Crippen LogP contribution < -0.4 is 0 Å². The maximum Gasteiger partial charge on any atom is 0.164 e. The summed E-state index contributed by atoms with van der Waals surface area (Å²) in [6.07, 6.45) is 0. The van der Waals surface area contributed by atoms with E-state index in [1.54, 1.807) is 0 Å². The number of hydrogen-bond donors (Lipinski definition) is 0. The van der Waals surface area contributed by atoms with Gasteiger partial charge in [0.25, 0.3) is 0 Å². The zero-order valence-corrected chi connectivity index (χ0v) is 27.7. The molecule has 262 valence electrons. The van der Waals surface area contributed by atoms with Gasteiger partial charge in [-0.1, -0.05) is 139 Å². The Hall–Kier alpha value is -7.63. The minimum absolute atomic E-state index is 0.531. The summed E-state index contributed by atoms with van der Waals surface area (Å²) >= 11 is 0. The monoisotopic (exact) mass is 748 g/mol. The Balaban J connectivity index is 1.34. The van der Waals surface area contributed by atoms with Gasteiger partial charge in [0.2, 0.25) is 0 Å². The number of hydrogen-bond acceptors (Lipinski definition) is 4. The first-order valence-corrected chi connectivity index (χ1v) is 16.2. The van der Waals surface area contributed by atoms with E-state index in [9.17, 15) is 12.3 Å². The van der Waals surface area contributed by atoms with E-state index in [0.717, 1.165) is 0 Å². The second-order valence-electron chi connectivity index (χ2n) is 11.6. The van der Waals surface area contributed by atoms with E-state index in [1.165, 1.54) is 0 Å². The highest BCUT2D eigenvalue weighted by molar-refractivity contribution is 6.09. The highest BCUT2D eigenvalue weighted by Gasteiger charge is 2.18. The fraction of sp³-hybridized carbons (Fsp3) is 0. The summed E-state index contributed by atoms with van der Waals surface area (Å²) in [6, 6.07) is -30.9. The van der Waals surface area contributed by atoms with Crippen LogP contribution in [0, 0.1) is 0 Å². The van der Waals surface area contributed by atoms with Crippen molar-refractivity contribution in [1.82, 2.24) is 19.5 Å². The summed E-state index contributed by atoms with van der Waals surface area (Å²) in [5.74, 6) is -3.04. The third-order valence-electron chi connectivity index (χ3n) is 8.31. The Kier molecular flexibility index (Phi) is 3.10. The number of fused-ring (bicyclic) bond motifs is 6. The molecule has 3 aromatic heterocycles. The molecule has 8 aromatic carbocycles. The van der Waals surface area contributed by atoms with Crippen molar-refractivity contribution in [2.75, 3.05) is 0 Å². The zero-order chi connectivity index (χ0) is 64.9. The average Bonchev–Trinajstić information content (AvgIpc) is 1.50. The lowest BCUT2D eigenvalue weighted by atomic mass is 10.0. The maximum atomic E-state index is 10.1. The van der Waals surface area contributed by atoms with Gasteiger partial charge in [-0.05, 0) is 76.6 Å². The highest BCUT2D eigenvalue weighted by atomic mass is 16.3. The van der Waals surface area contributed by atoms with Crippen LogP contribution in [0.25, 0.3) is 106 Å². The lowest BCUT2D eigenvalue weighted by Gasteiger charge is -2.14. The molecule has 11 aromatic rings. The van der Waals surface area contributed by atoms with Gasteiger partial charge in [-0.15, -0.1) is 0 Å². The Morgan fingerprint density at radius 1 is 0.339 bits per heavy atom. The van der Waals surface area contributed by atoms with Crippen molar-refractivity contribution in [3.05, 3.63) is 193 Å². The molecule has 0 aliphatic heterocycles. The van der Waals surface area contributed by atoms with E-state index in [4.69, 9.17) is 35.9 Å². The molecule has 5 nitrogen and oxygen atoms in total. The van der Waals surface area contributed by atoms with Crippen LogP contribution in [0.4, 0.5) is 0 Å². The summed E-state index contributed by atoms with van der Waals surface area (Å²) < 4.78 is 292. The molecule has 0 aliphatic carbocycles. The topological polar surface area (TPSA) is 56.7 Å². The Morgan fingerprint density at radius 3 is 1.39 bits per heavy atom. The van der Waals surface area contributed by atoms with E-state index < -0.39 is 299 Å². The van der Waals surface area contributed by atoms with Gasteiger partial charge >= 0.3 is 0 Å². The molecule has 0 unspecified atom stereocenters. The summed E-state index contributed by atoms with van der Waals surface area (Å²) in [7, 11) is 0. The van der Waals surface area contributed by atoms with Crippen molar-refractivity contribution in [2.24, 2.45) is 0 Å². The minimum Gasteiger partial charge on any atom is -0.456 e. The number of furan rings is 1. The first-order chi connectivity index (χ1) is 41.1. The second-order valence-corrected chi connectivity index (χ2v) is 11.6. The third-order valence-corrected chi connectivity index (χ3v) is 8.31. The quantitative estimate of drug-likeness (QED) is 0.170. The molecule has 0 saturated heterocycles. The first-order valence-electron chi connectivity index (χ1n) is 32.2. The van der Waals surface area contributed by atoms with Crippen LogP contribution in [-0.2, 0) is 0 Å². The lowest BCUT2D eigenvalue weighted by molar-refractivity contribution is 0.669. The van der Waals surface area contributed by atoms with Crippen LogP contribution in [0.15, 0.2) is 198 Å². The molecule has 0 atom stereocenters. The molecule has 0 amide bonds. The zero-order valence-electron chi connectivity index (χ0n) is 59.7. The summed E-state index contributed by atoms with van der Waals surface area (Å²) in [6.45, 7) is 0. The van der Waals surface area contributed by atoms with E-state index in [2.05, 4.69) is 15.0 Å². The average molecular weight is 749 g/mol. The number of nitrogens with zero attached hydrogens (tertiary/aromatic N) is 4. The number of para-hydroxylation sites is 2. The second kappa shape index (κ2) is 13.0. The molecule has 0 radical (unpaired) electrons. The van der Waals surface area contributed by atoms with Crippen LogP contribution in [0.2, 0.25) is 0 Å². The SMILES string of the molecule is [2H]c1c([2H])c([2H])c(-c2nc(-c3c([2H])c(-c4c([2H])c([2H])c([2H])c([2H])c4[2H])c([2H])c(-n4c5c([2H])c([2H])c([2H])c([2H])c5c5c([2H])c([2H])c([2H])c([2H])c54)c3[2H])nc(-c3c([2H])c([2H])c4c(oc5c([2H])c(-c6c([2H])c([2H])c([2H])c([2H])c6[2H])c([2H])c([2H])c54)c3[2H])n2)c([2H])c1[2H]. The lowest BCUT2D eigenvalue weighted by Crippen LogP contribution is -2.01. The molecule has 0 saturated carbocycles. The van der Waals surface area contributed by atoms with Gasteiger partial charge in [0.15, 0.2) is 17.5 Å². The molecular weight excluding hydrogens is 685 g/mol. The minimum atomic E-state index is -1.19. The normalized spacial score (nSPS) is 19.6. The van der Waals surface area contributed by atoms with E-state index in [0.29, 0.717) is 4.57 Å². The van der Waals surface area contributed by atoms with Gasteiger partial charge < -0.3 is 8.98 Å². The van der Waals surface area contributed by atoms with Crippen LogP contribution in [0.3, 0.4) is 0 Å². The van der Waals surface area contributed by atoms with Gasteiger partial charge in [0.1, 0.15) is 11.2 Å². The largest absolute Gasteiger partial charge is 0.456 e. The molecule has 0 spiro atoms. The van der Waals surface area contributed by atoms with Crippen LogP contribution in [0.5, 0.6) is 0 Å². The Bertz CT molecular complexity index is 4970. The Morgan fingerprint density at radius 2 is 0.786 bits per heavy atom. The molecule has 0 bridgehead atoms. The molecule has 0 N–H and O–H groups in total. The van der Waals surface area contributed by atoms with E-state index in [1.807, 2.05) is 0 Å². The van der Waals surface area contributed by atoms with Crippen molar-refractivity contribution in [3.63, 3.8) is 0 Å². The molecule has 5 heteroatoms. The van der Waals surface area contributed by atoms with Gasteiger partial charge in [-0.2, -0.15) is 0 Å². The first kappa shape index (κ1) is 13.3. The summed E-state index contributed by atoms with van der Waals surface area (Å²) in [5, 5.41) is -2.26. The fourth-order valence-electron chi connectivity index (χ4n) is 5.89. The number of benzene rings is 8. The molecule has 3 heterocycles. The number of aromatic nitrogens is 4. The maximum absolute atomic E-state index is 10.1. The van der Waals surface area contributed by atoms with E-state index >= 15 is 0 Å². The molecule has 0 fully saturated rings. The fourth-order valence-corrected chi connectivity index (χ4v) is 5.89. The van der Waals surface area contributed by atoms with Gasteiger partial charge in [-0.3, -0.25) is 0 Å².